The molecule has 0 spiro atoms. The molecule has 0 saturated carbocycles. The Morgan fingerprint density at radius 3 is 2.61 bits per heavy atom. The highest BCUT2D eigenvalue weighted by Gasteiger charge is 2.15. The maximum Gasteiger partial charge on any atom is 0.163 e. The number of nitrogens with one attached hydrogen (secondary N) is 1. The predicted molar refractivity (Wildman–Crippen MR) is 69.9 cm³/mol. The van der Waals surface area contributed by atoms with Gasteiger partial charge in [-0.2, -0.15) is 0 Å². The first-order chi connectivity index (χ1) is 8.81. The Kier molecular flexibility index (Phi) is 2.68. The first kappa shape index (κ1) is 11.1. The molecule has 5 heteroatoms. The van der Waals surface area contributed by atoms with Crippen LogP contribution in [0.1, 0.15) is 12.6 Å². The fraction of sp³-hybridized carbons (Fsp3) is 0.308. The molecule has 3 N–H and O–H groups in total. The molecular weight excluding hydrogens is 230 g/mol. The smallest absolute Gasteiger partial charge is 0.163 e. The predicted octanol–water partition coefficient (Wildman–Crippen LogP) is 1.85. The van der Waals surface area contributed by atoms with E-state index in [1.807, 2.05) is 18.2 Å². The highest BCUT2D eigenvalue weighted by atomic mass is 16.6. The second kappa shape index (κ2) is 4.34. The molecule has 0 saturated heterocycles. The van der Waals surface area contributed by atoms with Crippen molar-refractivity contribution in [1.29, 1.82) is 0 Å². The van der Waals surface area contributed by atoms with Crippen LogP contribution in [0.15, 0.2) is 18.2 Å². The number of aryl methyl sites for hydroxylation is 1. The van der Waals surface area contributed by atoms with E-state index >= 15 is 0 Å². The van der Waals surface area contributed by atoms with Crippen molar-refractivity contribution < 1.29 is 9.47 Å². The van der Waals surface area contributed by atoms with Gasteiger partial charge in [-0.1, -0.05) is 6.92 Å². The summed E-state index contributed by atoms with van der Waals surface area (Å²) in [5.41, 5.74) is 5.43. The van der Waals surface area contributed by atoms with Crippen LogP contribution < -0.4 is 20.7 Å². The lowest BCUT2D eigenvalue weighted by atomic mass is 10.1. The van der Waals surface area contributed by atoms with Crippen LogP contribution in [-0.4, -0.2) is 18.2 Å². The average Bonchev–Trinajstić information content (AvgIpc) is 2.43. The Morgan fingerprint density at radius 1 is 1.22 bits per heavy atom. The molecule has 5 nitrogen and oxygen atoms in total. The van der Waals surface area contributed by atoms with E-state index in [4.69, 9.17) is 15.3 Å². The van der Waals surface area contributed by atoms with E-state index in [0.717, 1.165) is 40.2 Å². The normalized spacial score (nSPS) is 13.7. The largest absolute Gasteiger partial charge is 0.486 e. The monoisotopic (exact) mass is 245 g/mol. The first-order valence-electron chi connectivity index (χ1n) is 6.01. The first-order valence-corrected chi connectivity index (χ1v) is 6.01. The summed E-state index contributed by atoms with van der Waals surface area (Å²) in [6, 6.07) is 5.79. The number of hydrogen-bond donors (Lipinski definition) is 2. The van der Waals surface area contributed by atoms with Crippen LogP contribution in [0.3, 0.4) is 0 Å². The van der Waals surface area contributed by atoms with Gasteiger partial charge < -0.3 is 14.9 Å². The van der Waals surface area contributed by atoms with Crippen molar-refractivity contribution in [3.05, 3.63) is 23.9 Å². The SMILES string of the molecule is CCc1cc(NN)c2cc3c(cc2n1)OCCO3. The molecule has 18 heavy (non-hydrogen) atoms. The summed E-state index contributed by atoms with van der Waals surface area (Å²) in [5, 5.41) is 0.943. The van der Waals surface area contributed by atoms with E-state index in [1.165, 1.54) is 0 Å². The fourth-order valence-corrected chi connectivity index (χ4v) is 2.12. The zero-order chi connectivity index (χ0) is 12.5. The summed E-state index contributed by atoms with van der Waals surface area (Å²) in [4.78, 5) is 4.58. The van der Waals surface area contributed by atoms with E-state index in [-0.39, 0.29) is 0 Å². The van der Waals surface area contributed by atoms with Gasteiger partial charge in [0.2, 0.25) is 0 Å². The van der Waals surface area contributed by atoms with Gasteiger partial charge in [0.25, 0.3) is 0 Å². The summed E-state index contributed by atoms with van der Waals surface area (Å²) in [5.74, 6) is 7.06. The molecule has 0 atom stereocenters. The van der Waals surface area contributed by atoms with E-state index in [2.05, 4.69) is 17.3 Å². The Labute approximate surface area is 105 Å². The molecule has 1 aliphatic rings. The molecule has 2 heterocycles. The summed E-state index contributed by atoms with van der Waals surface area (Å²) in [7, 11) is 0. The van der Waals surface area contributed by atoms with Crippen molar-refractivity contribution in [2.45, 2.75) is 13.3 Å². The van der Waals surface area contributed by atoms with Crippen molar-refractivity contribution in [3.8, 4) is 11.5 Å². The zero-order valence-corrected chi connectivity index (χ0v) is 10.2. The van der Waals surface area contributed by atoms with E-state index < -0.39 is 0 Å². The van der Waals surface area contributed by atoms with Crippen molar-refractivity contribution >= 4 is 16.6 Å². The van der Waals surface area contributed by atoms with E-state index in [0.29, 0.717) is 13.2 Å². The lowest BCUT2D eigenvalue weighted by Gasteiger charge is -2.19. The average molecular weight is 245 g/mol. The van der Waals surface area contributed by atoms with Crippen molar-refractivity contribution in [1.82, 2.24) is 4.98 Å². The number of anilines is 1. The van der Waals surface area contributed by atoms with Gasteiger partial charge in [-0.15, -0.1) is 0 Å². The number of fused-ring (bicyclic) bond motifs is 2. The number of nitrogen functional groups attached to an aromatic ring is 1. The lowest BCUT2D eigenvalue weighted by Crippen LogP contribution is -2.15. The van der Waals surface area contributed by atoms with Crippen LogP contribution in [0, 0.1) is 0 Å². The van der Waals surface area contributed by atoms with Gasteiger partial charge in [-0.05, 0) is 18.6 Å². The quantitative estimate of drug-likeness (QED) is 0.624. The third kappa shape index (κ3) is 1.73. The number of ether oxygens (including phenoxy) is 2. The van der Waals surface area contributed by atoms with Crippen molar-refractivity contribution in [2.24, 2.45) is 5.84 Å². The summed E-state index contributed by atoms with van der Waals surface area (Å²) < 4.78 is 11.1. The number of hydrogen-bond acceptors (Lipinski definition) is 5. The topological polar surface area (TPSA) is 69.4 Å². The van der Waals surface area contributed by atoms with Gasteiger partial charge in [-0.25, -0.2) is 0 Å². The molecule has 0 bridgehead atoms. The van der Waals surface area contributed by atoms with Gasteiger partial charge in [0.05, 0.1) is 11.2 Å². The molecule has 1 aromatic carbocycles. The number of benzene rings is 1. The number of pyridine rings is 1. The minimum Gasteiger partial charge on any atom is -0.486 e. The molecule has 3 rings (SSSR count). The third-order valence-electron chi connectivity index (χ3n) is 3.04. The molecule has 1 aromatic heterocycles. The molecule has 2 aromatic rings. The Balaban J connectivity index is 2.25. The van der Waals surface area contributed by atoms with Crippen LogP contribution >= 0.6 is 0 Å². The zero-order valence-electron chi connectivity index (χ0n) is 10.2. The third-order valence-corrected chi connectivity index (χ3v) is 3.04. The van der Waals surface area contributed by atoms with Gasteiger partial charge in [0.1, 0.15) is 13.2 Å². The number of rotatable bonds is 2. The van der Waals surface area contributed by atoms with Crippen molar-refractivity contribution in [2.75, 3.05) is 18.6 Å². The maximum atomic E-state index is 5.57. The van der Waals surface area contributed by atoms with Crippen LogP contribution in [0.4, 0.5) is 5.69 Å². The number of nitrogens with zero attached hydrogens (tertiary/aromatic N) is 1. The Hall–Kier alpha value is -2.01. The molecule has 0 aliphatic carbocycles. The molecule has 0 fully saturated rings. The van der Waals surface area contributed by atoms with Crippen LogP contribution in [0.5, 0.6) is 11.5 Å². The number of aromatic nitrogens is 1. The summed E-state index contributed by atoms with van der Waals surface area (Å²) >= 11 is 0. The Morgan fingerprint density at radius 2 is 1.94 bits per heavy atom. The van der Waals surface area contributed by atoms with Crippen LogP contribution in [0.2, 0.25) is 0 Å². The second-order valence-corrected chi connectivity index (χ2v) is 4.17. The minimum atomic E-state index is 0.574. The van der Waals surface area contributed by atoms with E-state index in [1.54, 1.807) is 0 Å². The minimum absolute atomic E-state index is 0.574. The molecule has 0 radical (unpaired) electrons. The molecule has 0 unspecified atom stereocenters. The van der Waals surface area contributed by atoms with Gasteiger partial charge in [0.15, 0.2) is 11.5 Å². The molecule has 1 aliphatic heterocycles. The second-order valence-electron chi connectivity index (χ2n) is 4.17. The fourth-order valence-electron chi connectivity index (χ4n) is 2.12. The van der Waals surface area contributed by atoms with E-state index in [9.17, 15) is 0 Å². The standard InChI is InChI=1S/C13H15N3O2/c1-2-8-5-11(16-14)9-6-12-13(7-10(9)15-8)18-4-3-17-12/h5-7H,2-4,14H2,1H3,(H,15,16). The Bertz CT molecular complexity index is 598. The highest BCUT2D eigenvalue weighted by molar-refractivity contribution is 5.93. The van der Waals surface area contributed by atoms with Gasteiger partial charge >= 0.3 is 0 Å². The van der Waals surface area contributed by atoms with Gasteiger partial charge in [0, 0.05) is 17.1 Å². The molecular formula is C13H15N3O2. The van der Waals surface area contributed by atoms with Crippen LogP contribution in [0.25, 0.3) is 10.9 Å². The molecule has 0 amide bonds. The highest BCUT2D eigenvalue weighted by Crippen LogP contribution is 2.36. The number of hydrazine groups is 1. The number of nitrogens with two attached hydrogens (primary N) is 1. The summed E-state index contributed by atoms with van der Waals surface area (Å²) in [6.07, 6.45) is 0.860. The maximum absolute atomic E-state index is 5.57. The molecule has 94 valence electrons. The summed E-state index contributed by atoms with van der Waals surface area (Å²) in [6.45, 7) is 3.21. The lowest BCUT2D eigenvalue weighted by molar-refractivity contribution is 0.172. The van der Waals surface area contributed by atoms with Gasteiger partial charge in [-0.3, -0.25) is 10.8 Å². The van der Waals surface area contributed by atoms with Crippen LogP contribution in [-0.2, 0) is 6.42 Å². The van der Waals surface area contributed by atoms with Crippen molar-refractivity contribution in [3.63, 3.8) is 0 Å².